The van der Waals surface area contributed by atoms with Gasteiger partial charge in [0.1, 0.15) is 28.9 Å². The summed E-state index contributed by atoms with van der Waals surface area (Å²) in [7, 11) is 0. The molecule has 3 rings (SSSR count). The number of aromatic nitrogens is 3. The average molecular weight is 442 g/mol. The van der Waals surface area contributed by atoms with E-state index in [1.54, 1.807) is 12.4 Å². The van der Waals surface area contributed by atoms with E-state index in [2.05, 4.69) is 20.3 Å². The number of para-hydroxylation sites is 1. The van der Waals surface area contributed by atoms with Gasteiger partial charge in [-0.2, -0.15) is 0 Å². The molecule has 11 heteroatoms. The fourth-order valence-electron chi connectivity index (χ4n) is 3.01. The number of anilines is 4. The van der Waals surface area contributed by atoms with Crippen molar-refractivity contribution in [1.29, 1.82) is 0 Å². The molecule has 10 nitrogen and oxygen atoms in total. The summed E-state index contributed by atoms with van der Waals surface area (Å²) in [5.41, 5.74) is 10.2. The number of rotatable bonds is 7. The highest BCUT2D eigenvalue weighted by Crippen LogP contribution is 2.30. The Kier molecular flexibility index (Phi) is 6.78. The number of hydroxylamine groups is 1. The first-order valence-electron chi connectivity index (χ1n) is 9.49. The summed E-state index contributed by atoms with van der Waals surface area (Å²) in [6.07, 6.45) is 2.21. The maximum Gasteiger partial charge on any atom is 0.267 e. The molecule has 0 aliphatic rings. The molecule has 0 aliphatic heterocycles. The molecule has 2 amide bonds. The standard InChI is InChI=1S/C20H23N7O3S/c1-4-13-7-5-6-11(2)18(13)25-19(29)14-9-22-20(31-14)27(10-17(28)26-30)16-8-15(21)23-12(3)24-16/h5-9,30H,4,10H2,1-3H3,(H,25,29)(H,26,28)(H2,21,23,24). The molecular formula is C20H23N7O3S. The number of amides is 2. The molecule has 0 saturated carbocycles. The number of hydrogen-bond acceptors (Lipinski definition) is 9. The predicted octanol–water partition coefficient (Wildman–Crippen LogP) is 2.59. The quantitative estimate of drug-likeness (QED) is 0.323. The third-order valence-electron chi connectivity index (χ3n) is 4.47. The first-order chi connectivity index (χ1) is 14.8. The lowest BCUT2D eigenvalue weighted by molar-refractivity contribution is -0.127. The molecule has 0 bridgehead atoms. The Balaban J connectivity index is 1.91. The summed E-state index contributed by atoms with van der Waals surface area (Å²) in [6, 6.07) is 7.34. The van der Waals surface area contributed by atoms with Crippen LogP contribution in [0.15, 0.2) is 30.5 Å². The van der Waals surface area contributed by atoms with Crippen LogP contribution in [0.2, 0.25) is 0 Å². The Morgan fingerprint density at radius 2 is 2.03 bits per heavy atom. The van der Waals surface area contributed by atoms with Crippen molar-refractivity contribution in [3.63, 3.8) is 0 Å². The van der Waals surface area contributed by atoms with E-state index in [1.807, 2.05) is 32.0 Å². The van der Waals surface area contributed by atoms with Gasteiger partial charge in [-0.15, -0.1) is 0 Å². The first kappa shape index (κ1) is 22.1. The summed E-state index contributed by atoms with van der Waals surface area (Å²) in [5.74, 6) is -0.0352. The number of nitrogen functional groups attached to an aromatic ring is 1. The van der Waals surface area contributed by atoms with Crippen molar-refractivity contribution >= 4 is 45.6 Å². The molecule has 5 N–H and O–H groups in total. The van der Waals surface area contributed by atoms with E-state index in [4.69, 9.17) is 10.9 Å². The highest BCUT2D eigenvalue weighted by molar-refractivity contribution is 7.17. The van der Waals surface area contributed by atoms with Crippen molar-refractivity contribution in [2.45, 2.75) is 27.2 Å². The maximum absolute atomic E-state index is 12.9. The molecule has 0 saturated heterocycles. The summed E-state index contributed by atoms with van der Waals surface area (Å²) in [5, 5.41) is 12.3. The van der Waals surface area contributed by atoms with Gasteiger partial charge in [0.2, 0.25) is 0 Å². The summed E-state index contributed by atoms with van der Waals surface area (Å²) < 4.78 is 0. The van der Waals surface area contributed by atoms with E-state index >= 15 is 0 Å². The van der Waals surface area contributed by atoms with Crippen LogP contribution in [0.1, 0.15) is 33.5 Å². The van der Waals surface area contributed by atoms with Crippen molar-refractivity contribution in [3.05, 3.63) is 52.3 Å². The van der Waals surface area contributed by atoms with Gasteiger partial charge in [-0.25, -0.2) is 20.4 Å². The molecule has 2 aromatic heterocycles. The zero-order chi connectivity index (χ0) is 22.5. The summed E-state index contributed by atoms with van der Waals surface area (Å²) in [6.45, 7) is 5.34. The van der Waals surface area contributed by atoms with E-state index in [-0.39, 0.29) is 18.3 Å². The lowest BCUT2D eigenvalue weighted by atomic mass is 10.1. The van der Waals surface area contributed by atoms with Crippen molar-refractivity contribution in [1.82, 2.24) is 20.4 Å². The number of nitrogens with one attached hydrogen (secondary N) is 2. The van der Waals surface area contributed by atoms with E-state index in [1.165, 1.54) is 17.2 Å². The largest absolute Gasteiger partial charge is 0.384 e. The minimum atomic E-state index is -0.677. The highest BCUT2D eigenvalue weighted by Gasteiger charge is 2.22. The van der Waals surface area contributed by atoms with Crippen LogP contribution in [0.3, 0.4) is 0 Å². The van der Waals surface area contributed by atoms with Crippen LogP contribution in [0.25, 0.3) is 0 Å². The van der Waals surface area contributed by atoms with Crippen LogP contribution in [0.5, 0.6) is 0 Å². The van der Waals surface area contributed by atoms with E-state index in [9.17, 15) is 9.59 Å². The fraction of sp³-hybridized carbons (Fsp3) is 0.250. The van der Waals surface area contributed by atoms with Gasteiger partial charge in [-0.05, 0) is 31.4 Å². The summed E-state index contributed by atoms with van der Waals surface area (Å²) in [4.78, 5) is 39.1. The molecule has 1 aromatic carbocycles. The van der Waals surface area contributed by atoms with Gasteiger partial charge in [-0.3, -0.25) is 19.7 Å². The van der Waals surface area contributed by atoms with Gasteiger partial charge in [0.25, 0.3) is 11.8 Å². The van der Waals surface area contributed by atoms with Crippen molar-refractivity contribution < 1.29 is 14.8 Å². The van der Waals surface area contributed by atoms with Crippen LogP contribution in [-0.4, -0.2) is 38.5 Å². The van der Waals surface area contributed by atoms with Crippen LogP contribution in [0, 0.1) is 13.8 Å². The molecule has 0 atom stereocenters. The Morgan fingerprint density at radius 3 is 2.71 bits per heavy atom. The Bertz CT molecular complexity index is 1100. The zero-order valence-electron chi connectivity index (χ0n) is 17.3. The Morgan fingerprint density at radius 1 is 1.26 bits per heavy atom. The SMILES string of the molecule is CCc1cccc(C)c1NC(=O)c1cnc(N(CC(=O)NO)c2cc(N)nc(C)n2)s1. The lowest BCUT2D eigenvalue weighted by Gasteiger charge is -2.20. The van der Waals surface area contributed by atoms with Crippen LogP contribution in [-0.2, 0) is 11.2 Å². The predicted molar refractivity (Wildman–Crippen MR) is 119 cm³/mol. The number of thiazole rings is 1. The molecule has 0 fully saturated rings. The average Bonchev–Trinajstić information content (AvgIpc) is 3.22. The topological polar surface area (TPSA) is 146 Å². The van der Waals surface area contributed by atoms with E-state index < -0.39 is 5.91 Å². The maximum atomic E-state index is 12.9. The lowest BCUT2D eigenvalue weighted by Crippen LogP contribution is -2.33. The first-order valence-corrected chi connectivity index (χ1v) is 10.3. The molecule has 31 heavy (non-hydrogen) atoms. The minimum absolute atomic E-state index is 0.220. The number of carbonyl (C=O) groups excluding carboxylic acids is 2. The van der Waals surface area contributed by atoms with Crippen molar-refractivity contribution in [2.75, 3.05) is 22.5 Å². The molecule has 3 aromatic rings. The normalized spacial score (nSPS) is 10.6. The highest BCUT2D eigenvalue weighted by atomic mass is 32.1. The fourth-order valence-corrected chi connectivity index (χ4v) is 3.83. The monoisotopic (exact) mass is 441 g/mol. The zero-order valence-corrected chi connectivity index (χ0v) is 18.2. The van der Waals surface area contributed by atoms with Crippen molar-refractivity contribution in [2.24, 2.45) is 0 Å². The van der Waals surface area contributed by atoms with Gasteiger partial charge in [0, 0.05) is 11.8 Å². The van der Waals surface area contributed by atoms with Crippen LogP contribution >= 0.6 is 11.3 Å². The molecule has 0 spiro atoms. The molecule has 2 heterocycles. The third-order valence-corrected chi connectivity index (χ3v) is 5.49. The Hall–Kier alpha value is -3.57. The van der Waals surface area contributed by atoms with Gasteiger partial charge < -0.3 is 11.1 Å². The molecule has 162 valence electrons. The second kappa shape index (κ2) is 9.49. The molecule has 0 aliphatic carbocycles. The van der Waals surface area contributed by atoms with Crippen LogP contribution < -0.4 is 21.4 Å². The number of aryl methyl sites for hydroxylation is 3. The van der Waals surface area contributed by atoms with Gasteiger partial charge >= 0.3 is 0 Å². The number of nitrogens with zero attached hydrogens (tertiary/aromatic N) is 4. The number of hydrogen-bond donors (Lipinski definition) is 4. The number of nitrogens with two attached hydrogens (primary N) is 1. The van der Waals surface area contributed by atoms with E-state index in [0.717, 1.165) is 34.6 Å². The Labute approximate surface area is 183 Å². The molecule has 0 unspecified atom stereocenters. The van der Waals surface area contributed by atoms with E-state index in [0.29, 0.717) is 21.7 Å². The number of benzene rings is 1. The smallest absolute Gasteiger partial charge is 0.267 e. The van der Waals surface area contributed by atoms with Gasteiger partial charge in [0.05, 0.1) is 6.20 Å². The van der Waals surface area contributed by atoms with Gasteiger partial charge in [-0.1, -0.05) is 36.5 Å². The third kappa shape index (κ3) is 5.13. The number of carbonyl (C=O) groups is 2. The molecular weight excluding hydrogens is 418 g/mol. The second-order valence-electron chi connectivity index (χ2n) is 6.74. The summed E-state index contributed by atoms with van der Waals surface area (Å²) >= 11 is 1.09. The minimum Gasteiger partial charge on any atom is -0.384 e. The van der Waals surface area contributed by atoms with Crippen molar-refractivity contribution in [3.8, 4) is 0 Å². The van der Waals surface area contributed by atoms with Gasteiger partial charge in [0.15, 0.2) is 5.13 Å². The second-order valence-corrected chi connectivity index (χ2v) is 7.75. The van der Waals surface area contributed by atoms with Crippen LogP contribution in [0.4, 0.5) is 22.5 Å². The molecule has 0 radical (unpaired) electrons.